The van der Waals surface area contributed by atoms with Gasteiger partial charge in [0.1, 0.15) is 11.6 Å². The molecule has 3 nitrogen and oxygen atoms in total. The van der Waals surface area contributed by atoms with Gasteiger partial charge in [-0.15, -0.1) is 0 Å². The molecule has 3 rings (SSSR count). The van der Waals surface area contributed by atoms with Gasteiger partial charge in [0.05, 0.1) is 6.61 Å². The maximum atomic E-state index is 11.9. The molecule has 1 aromatic carbocycles. The van der Waals surface area contributed by atoms with Gasteiger partial charge >= 0.3 is 0 Å². The minimum atomic E-state index is 0.00651. The van der Waals surface area contributed by atoms with Crippen LogP contribution in [-0.4, -0.2) is 16.7 Å². The van der Waals surface area contributed by atoms with Gasteiger partial charge in [0.15, 0.2) is 0 Å². The summed E-state index contributed by atoms with van der Waals surface area (Å²) in [5.74, 6) is 0.609. The first-order chi connectivity index (χ1) is 8.67. The van der Waals surface area contributed by atoms with E-state index in [2.05, 4.69) is 0 Å². The van der Waals surface area contributed by atoms with Crippen LogP contribution in [0.25, 0.3) is 0 Å². The van der Waals surface area contributed by atoms with Crippen molar-refractivity contribution in [2.24, 2.45) is 0 Å². The van der Waals surface area contributed by atoms with Gasteiger partial charge in [-0.05, 0) is 28.5 Å². The van der Waals surface area contributed by atoms with Gasteiger partial charge in [0.25, 0.3) is 0 Å². The molecule has 1 aromatic rings. The second-order valence-electron chi connectivity index (χ2n) is 5.41. The Morgan fingerprint density at radius 1 is 0.944 bits per heavy atom. The van der Waals surface area contributed by atoms with Crippen molar-refractivity contribution in [1.29, 1.82) is 0 Å². The van der Waals surface area contributed by atoms with Crippen LogP contribution >= 0.6 is 0 Å². The Hall–Kier alpha value is -1.48. The maximum absolute atomic E-state index is 11.9. The van der Waals surface area contributed by atoms with Crippen LogP contribution in [0.3, 0.4) is 0 Å². The van der Waals surface area contributed by atoms with E-state index in [1.54, 1.807) is 0 Å². The molecule has 0 aromatic heterocycles. The number of aliphatic hydroxyl groups is 1. The molecule has 0 amide bonds. The number of Topliss-reactive ketones (excluding diaryl/α,β-unsaturated/α-hetero) is 2. The number of hydrogen-bond donors (Lipinski definition) is 1. The summed E-state index contributed by atoms with van der Waals surface area (Å²) in [6.45, 7) is 0.00651. The molecule has 3 heteroatoms. The molecule has 18 heavy (non-hydrogen) atoms. The highest BCUT2D eigenvalue weighted by molar-refractivity contribution is 5.88. The maximum Gasteiger partial charge on any atom is 0.134 e. The second-order valence-corrected chi connectivity index (χ2v) is 5.41. The van der Waals surface area contributed by atoms with E-state index in [0.29, 0.717) is 25.7 Å². The molecule has 0 saturated heterocycles. The third-order valence-electron chi connectivity index (χ3n) is 4.11. The summed E-state index contributed by atoms with van der Waals surface area (Å²) in [4.78, 5) is 23.7. The monoisotopic (exact) mass is 244 g/mol. The first kappa shape index (κ1) is 11.6. The van der Waals surface area contributed by atoms with Crippen LogP contribution in [-0.2, 0) is 16.2 Å². The summed E-state index contributed by atoms with van der Waals surface area (Å²) in [5, 5.41) is 9.22. The minimum absolute atomic E-state index is 0.00651. The van der Waals surface area contributed by atoms with Gasteiger partial charge < -0.3 is 5.11 Å². The number of rotatable bonds is 1. The molecule has 0 aliphatic heterocycles. The van der Waals surface area contributed by atoms with E-state index in [0.717, 1.165) is 16.7 Å². The molecular weight excluding hydrogens is 228 g/mol. The van der Waals surface area contributed by atoms with E-state index in [9.17, 15) is 14.7 Å². The Morgan fingerprint density at radius 3 is 2.06 bits per heavy atom. The van der Waals surface area contributed by atoms with Crippen LogP contribution < -0.4 is 0 Å². The predicted molar refractivity (Wildman–Crippen MR) is 66.3 cm³/mol. The topological polar surface area (TPSA) is 54.4 Å². The third kappa shape index (κ3) is 1.89. The summed E-state index contributed by atoms with van der Waals surface area (Å²) in [6.07, 6.45) is 1.94. The van der Waals surface area contributed by atoms with Crippen molar-refractivity contribution in [2.75, 3.05) is 0 Å². The predicted octanol–water partition coefficient (Wildman–Crippen LogP) is 2.07. The highest BCUT2D eigenvalue weighted by atomic mass is 16.3. The Labute approximate surface area is 106 Å². The molecule has 2 bridgehead atoms. The van der Waals surface area contributed by atoms with Crippen LogP contribution in [0.1, 0.15) is 54.2 Å². The third-order valence-corrected chi connectivity index (χ3v) is 4.11. The van der Waals surface area contributed by atoms with Gasteiger partial charge in [-0.25, -0.2) is 0 Å². The Balaban J connectivity index is 2.14. The van der Waals surface area contributed by atoms with Gasteiger partial charge in [-0.3, -0.25) is 9.59 Å². The van der Waals surface area contributed by atoms with Crippen molar-refractivity contribution < 1.29 is 14.7 Å². The van der Waals surface area contributed by atoms with Crippen molar-refractivity contribution in [2.45, 2.75) is 44.1 Å². The molecule has 0 fully saturated rings. The zero-order valence-electron chi connectivity index (χ0n) is 10.2. The molecule has 0 spiro atoms. The standard InChI is InChI=1S/C15H16O3/c16-8-9-1-2-14-10-4-12(17)6-11(15(14)3-9)7-13(18)5-10/h1-3,10-11,16H,4-8H2. The normalized spacial score (nSPS) is 26.7. The first-order valence-corrected chi connectivity index (χ1v) is 6.44. The van der Waals surface area contributed by atoms with E-state index in [4.69, 9.17) is 0 Å². The lowest BCUT2D eigenvalue weighted by molar-refractivity contribution is -0.123. The fourth-order valence-corrected chi connectivity index (χ4v) is 3.30. The van der Waals surface area contributed by atoms with E-state index >= 15 is 0 Å². The zero-order chi connectivity index (χ0) is 12.7. The van der Waals surface area contributed by atoms with Crippen molar-refractivity contribution >= 4 is 11.6 Å². The largest absolute Gasteiger partial charge is 0.392 e. The van der Waals surface area contributed by atoms with Crippen LogP contribution in [0.5, 0.6) is 0 Å². The zero-order valence-corrected chi connectivity index (χ0v) is 10.2. The molecule has 0 unspecified atom stereocenters. The Kier molecular flexibility index (Phi) is 2.78. The number of carbonyl (C=O) groups is 2. The fourth-order valence-electron chi connectivity index (χ4n) is 3.30. The number of benzene rings is 1. The molecular formula is C15H16O3. The van der Waals surface area contributed by atoms with E-state index in [1.165, 1.54) is 0 Å². The van der Waals surface area contributed by atoms with Gasteiger partial charge in [0.2, 0.25) is 0 Å². The van der Waals surface area contributed by atoms with Crippen LogP contribution in [0, 0.1) is 0 Å². The van der Waals surface area contributed by atoms with Gasteiger partial charge in [0, 0.05) is 25.7 Å². The molecule has 0 saturated carbocycles. The number of ketones is 2. The number of aliphatic hydroxyl groups excluding tert-OH is 1. The highest BCUT2D eigenvalue weighted by Gasteiger charge is 2.35. The summed E-state index contributed by atoms with van der Waals surface area (Å²) < 4.78 is 0. The molecule has 94 valence electrons. The molecule has 2 aliphatic carbocycles. The Morgan fingerprint density at radius 2 is 1.50 bits per heavy atom. The van der Waals surface area contributed by atoms with Gasteiger partial charge in [-0.1, -0.05) is 18.2 Å². The van der Waals surface area contributed by atoms with E-state index in [-0.39, 0.29) is 30.0 Å². The SMILES string of the molecule is O=C1CC2CC(=O)CC(C1)c1cc(CO)ccc12. The lowest BCUT2D eigenvalue weighted by atomic mass is 9.88. The van der Waals surface area contributed by atoms with Crippen LogP contribution in [0.2, 0.25) is 0 Å². The van der Waals surface area contributed by atoms with E-state index in [1.807, 2.05) is 18.2 Å². The quantitative estimate of drug-likeness (QED) is 0.822. The van der Waals surface area contributed by atoms with Gasteiger partial charge in [-0.2, -0.15) is 0 Å². The second kappa shape index (κ2) is 4.32. The molecule has 0 radical (unpaired) electrons. The summed E-state index contributed by atoms with van der Waals surface area (Å²) >= 11 is 0. The fraction of sp³-hybridized carbons (Fsp3) is 0.467. The van der Waals surface area contributed by atoms with Crippen molar-refractivity contribution in [3.05, 3.63) is 34.9 Å². The average Bonchev–Trinajstić information content (AvgIpc) is 2.53. The minimum Gasteiger partial charge on any atom is -0.392 e. The lowest BCUT2D eigenvalue weighted by Crippen LogP contribution is -2.14. The summed E-state index contributed by atoms with van der Waals surface area (Å²) in [6, 6.07) is 5.87. The van der Waals surface area contributed by atoms with Crippen LogP contribution in [0.4, 0.5) is 0 Å². The molecule has 0 atom stereocenters. The number of hydrogen-bond acceptors (Lipinski definition) is 3. The Bertz CT molecular complexity index is 498. The first-order valence-electron chi connectivity index (χ1n) is 6.44. The summed E-state index contributed by atoms with van der Waals surface area (Å²) in [7, 11) is 0. The van der Waals surface area contributed by atoms with E-state index < -0.39 is 0 Å². The highest BCUT2D eigenvalue weighted by Crippen LogP contribution is 2.43. The molecule has 2 aliphatic rings. The lowest BCUT2D eigenvalue weighted by Gasteiger charge is -2.15. The molecule has 0 heterocycles. The van der Waals surface area contributed by atoms with Crippen molar-refractivity contribution in [3.8, 4) is 0 Å². The van der Waals surface area contributed by atoms with Crippen LogP contribution in [0.15, 0.2) is 18.2 Å². The smallest absolute Gasteiger partial charge is 0.134 e. The van der Waals surface area contributed by atoms with Crippen molar-refractivity contribution in [3.63, 3.8) is 0 Å². The van der Waals surface area contributed by atoms with Crippen molar-refractivity contribution in [1.82, 2.24) is 0 Å². The average molecular weight is 244 g/mol. The molecule has 1 N–H and O–H groups in total. The number of carbonyl (C=O) groups excluding carboxylic acids is 2. The summed E-state index contributed by atoms with van der Waals surface area (Å²) in [5.41, 5.74) is 3.12.